The van der Waals surface area contributed by atoms with Crippen molar-refractivity contribution in [2.45, 2.75) is 0 Å². The molecule has 0 nitrogen and oxygen atoms in total. The maximum atomic E-state index is 2.39. The summed E-state index contributed by atoms with van der Waals surface area (Å²) in [7, 11) is 0. The second kappa shape index (κ2) is 8.52. The van der Waals surface area contributed by atoms with E-state index in [-0.39, 0.29) is 0 Å². The molecule has 0 amide bonds. The standard InChI is InChI=1S/C36H24/c1-3-12-25(13-4-1)27-16-11-17-28(22-27)29-23-34(26-14-5-2-6-15-26)36-33-21-10-9-19-31(33)30-18-7-8-20-32(30)35(36)24-29/h1-24H. The molecule has 0 fully saturated rings. The first kappa shape index (κ1) is 20.7. The molecule has 0 N–H and O–H groups in total. The van der Waals surface area contributed by atoms with E-state index in [1.165, 1.54) is 65.7 Å². The monoisotopic (exact) mass is 456 g/mol. The maximum Gasteiger partial charge on any atom is -0.00199 e. The summed E-state index contributed by atoms with van der Waals surface area (Å²) in [4.78, 5) is 0. The molecular weight excluding hydrogens is 432 g/mol. The third-order valence-electron chi connectivity index (χ3n) is 7.23. The van der Waals surface area contributed by atoms with E-state index in [1.54, 1.807) is 0 Å². The quantitative estimate of drug-likeness (QED) is 0.232. The van der Waals surface area contributed by atoms with E-state index in [0.29, 0.717) is 0 Å². The number of benzene rings is 7. The number of rotatable bonds is 3. The van der Waals surface area contributed by atoms with Gasteiger partial charge in [0.15, 0.2) is 0 Å². The third-order valence-corrected chi connectivity index (χ3v) is 7.23. The summed E-state index contributed by atoms with van der Waals surface area (Å²) in [5, 5.41) is 7.81. The molecule has 168 valence electrons. The van der Waals surface area contributed by atoms with Crippen molar-refractivity contribution in [1.82, 2.24) is 0 Å². The van der Waals surface area contributed by atoms with E-state index in [2.05, 4.69) is 146 Å². The summed E-state index contributed by atoms with van der Waals surface area (Å²) >= 11 is 0. The Bertz CT molecular complexity index is 1860. The Morgan fingerprint density at radius 3 is 1.39 bits per heavy atom. The highest BCUT2D eigenvalue weighted by atomic mass is 14.2. The van der Waals surface area contributed by atoms with E-state index in [1.807, 2.05) is 0 Å². The Kier molecular flexibility index (Phi) is 4.89. The lowest BCUT2D eigenvalue weighted by Crippen LogP contribution is -1.90. The molecule has 0 heterocycles. The zero-order valence-corrected chi connectivity index (χ0v) is 19.9. The fourth-order valence-electron chi connectivity index (χ4n) is 5.55. The minimum absolute atomic E-state index is 1.23. The molecule has 0 atom stereocenters. The topological polar surface area (TPSA) is 0 Å². The molecule has 0 aliphatic rings. The molecule has 0 bridgehead atoms. The SMILES string of the molecule is c1ccc(-c2cccc(-c3cc(-c4ccccc4)c4c5ccccc5c5ccccc5c4c3)c2)cc1. The van der Waals surface area contributed by atoms with Gasteiger partial charge in [-0.05, 0) is 83.9 Å². The van der Waals surface area contributed by atoms with Crippen molar-refractivity contribution in [2.75, 3.05) is 0 Å². The van der Waals surface area contributed by atoms with Gasteiger partial charge in [0.1, 0.15) is 0 Å². The molecule has 0 saturated carbocycles. The Morgan fingerprint density at radius 1 is 0.250 bits per heavy atom. The van der Waals surface area contributed by atoms with Crippen LogP contribution in [0.1, 0.15) is 0 Å². The van der Waals surface area contributed by atoms with Gasteiger partial charge in [0.25, 0.3) is 0 Å². The highest BCUT2D eigenvalue weighted by molar-refractivity contribution is 6.29. The van der Waals surface area contributed by atoms with Gasteiger partial charge in [0, 0.05) is 0 Å². The zero-order chi connectivity index (χ0) is 23.9. The number of fused-ring (bicyclic) bond motifs is 6. The van der Waals surface area contributed by atoms with Crippen LogP contribution in [0.25, 0.3) is 65.7 Å². The molecule has 0 saturated heterocycles. The summed E-state index contributed by atoms with van der Waals surface area (Å²) < 4.78 is 0. The highest BCUT2D eigenvalue weighted by Crippen LogP contribution is 2.43. The molecule has 0 unspecified atom stereocenters. The average Bonchev–Trinajstić information content (AvgIpc) is 2.98. The lowest BCUT2D eigenvalue weighted by molar-refractivity contribution is 1.59. The highest BCUT2D eigenvalue weighted by Gasteiger charge is 2.15. The summed E-state index contributed by atoms with van der Waals surface area (Å²) in [5.41, 5.74) is 7.45. The first-order chi connectivity index (χ1) is 17.9. The van der Waals surface area contributed by atoms with Crippen LogP contribution in [0, 0.1) is 0 Å². The predicted octanol–water partition coefficient (Wildman–Crippen LogP) is 10.1. The first-order valence-corrected chi connectivity index (χ1v) is 12.5. The van der Waals surface area contributed by atoms with Crippen molar-refractivity contribution in [2.24, 2.45) is 0 Å². The maximum absolute atomic E-state index is 2.39. The van der Waals surface area contributed by atoms with Crippen LogP contribution in [0.3, 0.4) is 0 Å². The van der Waals surface area contributed by atoms with E-state index in [4.69, 9.17) is 0 Å². The zero-order valence-electron chi connectivity index (χ0n) is 19.9. The summed E-state index contributed by atoms with van der Waals surface area (Å²) in [6.45, 7) is 0. The second-order valence-corrected chi connectivity index (χ2v) is 9.35. The molecule has 0 heteroatoms. The molecule has 0 spiro atoms. The van der Waals surface area contributed by atoms with E-state index in [0.717, 1.165) is 0 Å². The number of hydrogen-bond donors (Lipinski definition) is 0. The van der Waals surface area contributed by atoms with Crippen LogP contribution in [0.4, 0.5) is 0 Å². The lowest BCUT2D eigenvalue weighted by atomic mass is 9.86. The van der Waals surface area contributed by atoms with Crippen molar-refractivity contribution < 1.29 is 0 Å². The van der Waals surface area contributed by atoms with E-state index >= 15 is 0 Å². The summed E-state index contributed by atoms with van der Waals surface area (Å²) in [6, 6.07) is 52.7. The minimum Gasteiger partial charge on any atom is -0.0622 e. The van der Waals surface area contributed by atoms with Crippen LogP contribution in [-0.2, 0) is 0 Å². The predicted molar refractivity (Wildman–Crippen MR) is 155 cm³/mol. The molecule has 7 aromatic carbocycles. The van der Waals surface area contributed by atoms with E-state index in [9.17, 15) is 0 Å². The molecule has 0 aliphatic heterocycles. The fourth-order valence-corrected chi connectivity index (χ4v) is 5.55. The van der Waals surface area contributed by atoms with Crippen molar-refractivity contribution in [3.05, 3.63) is 146 Å². The Hall–Kier alpha value is -4.68. The summed E-state index contributed by atoms with van der Waals surface area (Å²) in [6.07, 6.45) is 0. The molecule has 36 heavy (non-hydrogen) atoms. The molecule has 0 radical (unpaired) electrons. The summed E-state index contributed by atoms with van der Waals surface area (Å²) in [5.74, 6) is 0. The van der Waals surface area contributed by atoms with Gasteiger partial charge < -0.3 is 0 Å². The normalized spacial score (nSPS) is 11.3. The van der Waals surface area contributed by atoms with Crippen LogP contribution in [0.5, 0.6) is 0 Å². The Morgan fingerprint density at radius 2 is 0.722 bits per heavy atom. The first-order valence-electron chi connectivity index (χ1n) is 12.5. The van der Waals surface area contributed by atoms with Crippen molar-refractivity contribution >= 4 is 32.3 Å². The van der Waals surface area contributed by atoms with Crippen LogP contribution < -0.4 is 0 Å². The Balaban J connectivity index is 1.60. The van der Waals surface area contributed by atoms with Crippen molar-refractivity contribution in [3.63, 3.8) is 0 Å². The molecule has 7 rings (SSSR count). The van der Waals surface area contributed by atoms with Crippen molar-refractivity contribution in [1.29, 1.82) is 0 Å². The van der Waals surface area contributed by atoms with Crippen LogP contribution in [0.2, 0.25) is 0 Å². The third kappa shape index (κ3) is 3.39. The molecule has 0 aromatic heterocycles. The van der Waals surface area contributed by atoms with Crippen LogP contribution in [0.15, 0.2) is 146 Å². The van der Waals surface area contributed by atoms with Gasteiger partial charge in [-0.1, -0.05) is 127 Å². The lowest BCUT2D eigenvalue weighted by Gasteiger charge is -2.17. The van der Waals surface area contributed by atoms with Gasteiger partial charge in [-0.25, -0.2) is 0 Å². The van der Waals surface area contributed by atoms with Crippen LogP contribution in [-0.4, -0.2) is 0 Å². The largest absolute Gasteiger partial charge is 0.0622 e. The molecule has 7 aromatic rings. The minimum atomic E-state index is 1.23. The van der Waals surface area contributed by atoms with Gasteiger partial charge in [-0.3, -0.25) is 0 Å². The van der Waals surface area contributed by atoms with Gasteiger partial charge in [-0.15, -0.1) is 0 Å². The molecular formula is C36H24. The van der Waals surface area contributed by atoms with Gasteiger partial charge in [0.05, 0.1) is 0 Å². The van der Waals surface area contributed by atoms with Crippen molar-refractivity contribution in [3.8, 4) is 33.4 Å². The smallest absolute Gasteiger partial charge is 0.00199 e. The van der Waals surface area contributed by atoms with Gasteiger partial charge in [-0.2, -0.15) is 0 Å². The average molecular weight is 457 g/mol. The van der Waals surface area contributed by atoms with E-state index < -0.39 is 0 Å². The Labute approximate surface area is 211 Å². The van der Waals surface area contributed by atoms with Gasteiger partial charge in [0.2, 0.25) is 0 Å². The van der Waals surface area contributed by atoms with Gasteiger partial charge >= 0.3 is 0 Å². The molecule has 0 aliphatic carbocycles. The number of hydrogen-bond acceptors (Lipinski definition) is 0. The van der Waals surface area contributed by atoms with Crippen LogP contribution >= 0.6 is 0 Å². The second-order valence-electron chi connectivity index (χ2n) is 9.35. The fraction of sp³-hybridized carbons (Fsp3) is 0.